The van der Waals surface area contributed by atoms with Gasteiger partial charge in [0.15, 0.2) is 0 Å². The number of anilines is 2. The van der Waals surface area contributed by atoms with Crippen LogP contribution in [0, 0.1) is 20.8 Å². The third kappa shape index (κ3) is 4.20. The van der Waals surface area contributed by atoms with E-state index in [0.29, 0.717) is 0 Å². The molecule has 0 bridgehead atoms. The molecule has 1 heteroatoms. The molecule has 0 aliphatic rings. The lowest BCUT2D eigenvalue weighted by Gasteiger charge is -2.26. The van der Waals surface area contributed by atoms with Gasteiger partial charge in [-0.1, -0.05) is 53.7 Å². The lowest BCUT2D eigenvalue weighted by Crippen LogP contribution is -2.16. The molecule has 0 spiro atoms. The van der Waals surface area contributed by atoms with E-state index >= 15 is 0 Å². The second-order valence-electron chi connectivity index (χ2n) is 9.18. The zero-order valence-corrected chi connectivity index (χ0v) is 16.9. The Morgan fingerprint density at radius 3 is 1.62 bits per heavy atom. The van der Waals surface area contributed by atoms with Gasteiger partial charge in [0, 0.05) is 11.4 Å². The van der Waals surface area contributed by atoms with Crippen LogP contribution in [-0.2, 0) is 10.8 Å². The van der Waals surface area contributed by atoms with Crippen LogP contribution >= 0.6 is 0 Å². The second-order valence-corrected chi connectivity index (χ2v) is 9.18. The first kappa shape index (κ1) is 18.6. The maximum absolute atomic E-state index is 3.68. The van der Waals surface area contributed by atoms with Gasteiger partial charge in [0.2, 0.25) is 0 Å². The summed E-state index contributed by atoms with van der Waals surface area (Å²) < 4.78 is 0. The van der Waals surface area contributed by atoms with Crippen molar-refractivity contribution in [2.75, 3.05) is 5.32 Å². The summed E-state index contributed by atoms with van der Waals surface area (Å²) in [5.41, 5.74) is 9.35. The minimum atomic E-state index is 0.134. The summed E-state index contributed by atoms with van der Waals surface area (Å²) in [4.78, 5) is 0. The number of aryl methyl sites for hydroxylation is 2. The van der Waals surface area contributed by atoms with Crippen LogP contribution in [0.3, 0.4) is 0 Å². The molecule has 0 radical (unpaired) electrons. The van der Waals surface area contributed by atoms with Crippen molar-refractivity contribution in [3.05, 3.63) is 58.1 Å². The summed E-state index contributed by atoms with van der Waals surface area (Å²) in [5.74, 6) is 0. The Morgan fingerprint density at radius 1 is 0.667 bits per heavy atom. The Hall–Kier alpha value is -1.76. The van der Waals surface area contributed by atoms with Gasteiger partial charge in [0.1, 0.15) is 0 Å². The Balaban J connectivity index is 2.55. The van der Waals surface area contributed by atoms with Crippen LogP contribution in [0.15, 0.2) is 30.3 Å². The van der Waals surface area contributed by atoms with Crippen molar-refractivity contribution < 1.29 is 0 Å². The molecule has 130 valence electrons. The highest BCUT2D eigenvalue weighted by molar-refractivity contribution is 5.67. The molecule has 1 N–H and O–H groups in total. The van der Waals surface area contributed by atoms with Gasteiger partial charge in [-0.3, -0.25) is 0 Å². The molecule has 24 heavy (non-hydrogen) atoms. The summed E-state index contributed by atoms with van der Waals surface area (Å²) in [5, 5.41) is 3.68. The molecule has 0 aromatic heterocycles. The average Bonchev–Trinajstić information content (AvgIpc) is 2.42. The quantitative estimate of drug-likeness (QED) is 0.630. The highest BCUT2D eigenvalue weighted by Gasteiger charge is 2.20. The van der Waals surface area contributed by atoms with E-state index in [1.54, 1.807) is 0 Å². The zero-order chi connectivity index (χ0) is 18.3. The summed E-state index contributed by atoms with van der Waals surface area (Å²) >= 11 is 0. The molecular formula is C23H33N. The predicted molar refractivity (Wildman–Crippen MR) is 108 cm³/mol. The Morgan fingerprint density at radius 2 is 1.17 bits per heavy atom. The number of benzene rings is 2. The predicted octanol–water partition coefficient (Wildman–Crippen LogP) is 6.95. The summed E-state index contributed by atoms with van der Waals surface area (Å²) in [6, 6.07) is 11.4. The van der Waals surface area contributed by atoms with Gasteiger partial charge >= 0.3 is 0 Å². The minimum Gasteiger partial charge on any atom is -0.355 e. The Kier molecular flexibility index (Phi) is 4.86. The average molecular weight is 324 g/mol. The smallest absolute Gasteiger partial charge is 0.0419 e. The number of nitrogens with one attached hydrogen (secondary N) is 1. The summed E-state index contributed by atoms with van der Waals surface area (Å²) in [6.45, 7) is 20.2. The van der Waals surface area contributed by atoms with Crippen LogP contribution < -0.4 is 5.32 Å². The molecule has 0 aliphatic heterocycles. The van der Waals surface area contributed by atoms with Crippen LogP contribution in [0.5, 0.6) is 0 Å². The van der Waals surface area contributed by atoms with Crippen LogP contribution in [0.25, 0.3) is 0 Å². The SMILES string of the molecule is Cc1cc(C)c(C)c(Nc2cc(C(C)(C)C)cc(C(C)(C)C)c2)c1. The number of hydrogen-bond donors (Lipinski definition) is 1. The van der Waals surface area contributed by atoms with E-state index in [1.165, 1.54) is 39.2 Å². The van der Waals surface area contributed by atoms with Crippen molar-refractivity contribution in [2.45, 2.75) is 73.1 Å². The van der Waals surface area contributed by atoms with Gasteiger partial charge in [0.25, 0.3) is 0 Å². The number of rotatable bonds is 2. The monoisotopic (exact) mass is 323 g/mol. The normalized spacial score (nSPS) is 12.4. The molecule has 0 aliphatic carbocycles. The van der Waals surface area contributed by atoms with Gasteiger partial charge in [-0.05, 0) is 77.6 Å². The van der Waals surface area contributed by atoms with E-state index in [2.05, 4.69) is 98.0 Å². The topological polar surface area (TPSA) is 12.0 Å². The van der Waals surface area contributed by atoms with Crippen molar-refractivity contribution in [1.82, 2.24) is 0 Å². The van der Waals surface area contributed by atoms with Crippen LogP contribution in [-0.4, -0.2) is 0 Å². The van der Waals surface area contributed by atoms with Gasteiger partial charge < -0.3 is 5.32 Å². The second kappa shape index (κ2) is 6.27. The lowest BCUT2D eigenvalue weighted by molar-refractivity contribution is 0.569. The van der Waals surface area contributed by atoms with Crippen molar-refractivity contribution in [2.24, 2.45) is 0 Å². The van der Waals surface area contributed by atoms with Crippen LogP contribution in [0.2, 0.25) is 0 Å². The minimum absolute atomic E-state index is 0.134. The van der Waals surface area contributed by atoms with Crippen molar-refractivity contribution in [3.63, 3.8) is 0 Å². The molecule has 0 saturated carbocycles. The highest BCUT2D eigenvalue weighted by atomic mass is 14.9. The first-order valence-corrected chi connectivity index (χ1v) is 8.89. The number of hydrogen-bond acceptors (Lipinski definition) is 1. The summed E-state index contributed by atoms with van der Waals surface area (Å²) in [7, 11) is 0. The molecule has 0 atom stereocenters. The largest absolute Gasteiger partial charge is 0.355 e. The maximum Gasteiger partial charge on any atom is 0.0419 e. The van der Waals surface area contributed by atoms with Crippen LogP contribution in [0.4, 0.5) is 11.4 Å². The molecule has 0 saturated heterocycles. The molecule has 2 rings (SSSR count). The molecule has 0 heterocycles. The lowest BCUT2D eigenvalue weighted by atomic mass is 9.80. The van der Waals surface area contributed by atoms with E-state index in [-0.39, 0.29) is 10.8 Å². The van der Waals surface area contributed by atoms with Crippen molar-refractivity contribution in [3.8, 4) is 0 Å². The third-order valence-electron chi connectivity index (χ3n) is 4.76. The Labute approximate surface area is 148 Å². The fourth-order valence-electron chi connectivity index (χ4n) is 2.89. The van der Waals surface area contributed by atoms with Gasteiger partial charge in [-0.25, -0.2) is 0 Å². The molecule has 0 fully saturated rings. The Bertz CT molecular complexity index is 708. The van der Waals surface area contributed by atoms with E-state index in [0.717, 1.165) is 0 Å². The van der Waals surface area contributed by atoms with Crippen molar-refractivity contribution >= 4 is 11.4 Å². The van der Waals surface area contributed by atoms with Crippen molar-refractivity contribution in [1.29, 1.82) is 0 Å². The molecular weight excluding hydrogens is 290 g/mol. The van der Waals surface area contributed by atoms with E-state index < -0.39 is 0 Å². The van der Waals surface area contributed by atoms with E-state index in [9.17, 15) is 0 Å². The molecule has 0 unspecified atom stereocenters. The fraction of sp³-hybridized carbons (Fsp3) is 0.478. The first-order chi connectivity index (χ1) is 10.9. The third-order valence-corrected chi connectivity index (χ3v) is 4.76. The van der Waals surface area contributed by atoms with E-state index in [4.69, 9.17) is 0 Å². The fourth-order valence-corrected chi connectivity index (χ4v) is 2.89. The molecule has 0 amide bonds. The molecule has 2 aromatic rings. The van der Waals surface area contributed by atoms with E-state index in [1.807, 2.05) is 0 Å². The molecule has 1 nitrogen and oxygen atoms in total. The van der Waals surface area contributed by atoms with Crippen LogP contribution in [0.1, 0.15) is 69.4 Å². The van der Waals surface area contributed by atoms with Gasteiger partial charge in [-0.2, -0.15) is 0 Å². The first-order valence-electron chi connectivity index (χ1n) is 8.89. The maximum atomic E-state index is 3.68. The van der Waals surface area contributed by atoms with Gasteiger partial charge in [0.05, 0.1) is 0 Å². The summed E-state index contributed by atoms with van der Waals surface area (Å²) in [6.07, 6.45) is 0. The van der Waals surface area contributed by atoms with Gasteiger partial charge in [-0.15, -0.1) is 0 Å². The zero-order valence-electron chi connectivity index (χ0n) is 16.9. The molecule has 2 aromatic carbocycles. The highest BCUT2D eigenvalue weighted by Crippen LogP contribution is 2.34. The standard InChI is InChI=1S/C23H33N/c1-15-10-16(2)17(3)21(11-15)24-20-13-18(22(4,5)6)12-19(14-20)23(7,8)9/h10-14,24H,1-9H3.